The van der Waals surface area contributed by atoms with Crippen molar-refractivity contribution in [3.63, 3.8) is 0 Å². The lowest BCUT2D eigenvalue weighted by Gasteiger charge is -2.22. The van der Waals surface area contributed by atoms with Crippen LogP contribution in [0.4, 0.5) is 0 Å². The Bertz CT molecular complexity index is 1270. The Kier molecular flexibility index (Phi) is 72.8. The number of rotatable bonds is 74. The largest absolute Gasteiger partial charge is 0.466 e. The van der Waals surface area contributed by atoms with Crippen LogP contribution in [0.25, 0.3) is 0 Å². The molecule has 0 radical (unpaired) electrons. The maximum Gasteiger partial charge on any atom is 0.305 e. The van der Waals surface area contributed by atoms with E-state index in [2.05, 4.69) is 31.3 Å². The van der Waals surface area contributed by atoms with Gasteiger partial charge in [0.1, 0.15) is 0 Å². The van der Waals surface area contributed by atoms with Crippen molar-refractivity contribution >= 4 is 11.9 Å². The van der Waals surface area contributed by atoms with Crippen molar-refractivity contribution in [1.29, 1.82) is 0 Å². The summed E-state index contributed by atoms with van der Waals surface area (Å²) in [6.07, 6.45) is 92.9. The van der Waals surface area contributed by atoms with Crippen molar-refractivity contribution in [1.82, 2.24) is 5.32 Å². The summed E-state index contributed by atoms with van der Waals surface area (Å²) in [6, 6.07) is -0.546. The van der Waals surface area contributed by atoms with E-state index < -0.39 is 12.1 Å². The lowest BCUT2D eigenvalue weighted by Crippen LogP contribution is -2.45. The number of carbonyl (C=O) groups excluding carboxylic acids is 2. The minimum atomic E-state index is -0.668. The van der Waals surface area contributed by atoms with E-state index in [0.29, 0.717) is 25.9 Å². The molecule has 84 heavy (non-hydrogen) atoms. The van der Waals surface area contributed by atoms with Crippen molar-refractivity contribution < 1.29 is 24.5 Å². The molecule has 0 rings (SSSR count). The van der Waals surface area contributed by atoms with Crippen molar-refractivity contribution in [3.05, 3.63) is 12.2 Å². The van der Waals surface area contributed by atoms with E-state index in [0.717, 1.165) is 38.5 Å². The van der Waals surface area contributed by atoms with Crippen molar-refractivity contribution in [2.24, 2.45) is 0 Å². The molecule has 0 aromatic carbocycles. The molecule has 0 saturated carbocycles. The van der Waals surface area contributed by atoms with Gasteiger partial charge in [-0.1, -0.05) is 398 Å². The zero-order valence-electron chi connectivity index (χ0n) is 57.4. The lowest BCUT2D eigenvalue weighted by molar-refractivity contribution is -0.143. The number of allylic oxidation sites excluding steroid dienone is 2. The zero-order valence-corrected chi connectivity index (χ0v) is 57.4. The molecular weight excluding hydrogens is 1030 g/mol. The second-order valence-corrected chi connectivity index (χ2v) is 27.0. The predicted octanol–water partition coefficient (Wildman–Crippen LogP) is 25.5. The summed E-state index contributed by atoms with van der Waals surface area (Å²) >= 11 is 0. The first kappa shape index (κ1) is 82.6. The van der Waals surface area contributed by atoms with Gasteiger partial charge in [-0.2, -0.15) is 0 Å². The van der Waals surface area contributed by atoms with Crippen LogP contribution in [0.2, 0.25) is 0 Å². The average Bonchev–Trinajstić information content (AvgIpc) is 3.53. The summed E-state index contributed by atoms with van der Waals surface area (Å²) in [6.45, 7) is 5.01. The summed E-state index contributed by atoms with van der Waals surface area (Å²) < 4.78 is 5.51. The molecular formula is C78H153NO5. The minimum Gasteiger partial charge on any atom is -0.466 e. The molecule has 2 unspecified atom stereocenters. The molecule has 0 heterocycles. The van der Waals surface area contributed by atoms with E-state index in [-0.39, 0.29) is 18.5 Å². The van der Waals surface area contributed by atoms with Gasteiger partial charge in [-0.3, -0.25) is 9.59 Å². The van der Waals surface area contributed by atoms with Gasteiger partial charge in [-0.15, -0.1) is 0 Å². The summed E-state index contributed by atoms with van der Waals surface area (Å²) in [5, 5.41) is 23.5. The first-order chi connectivity index (χ1) is 41.5. The molecule has 0 saturated heterocycles. The molecule has 6 nitrogen and oxygen atoms in total. The van der Waals surface area contributed by atoms with Gasteiger partial charge in [-0.25, -0.2) is 0 Å². The summed E-state index contributed by atoms with van der Waals surface area (Å²) in [5.74, 6) is -0.0150. The van der Waals surface area contributed by atoms with Crippen LogP contribution in [0.3, 0.4) is 0 Å². The van der Waals surface area contributed by atoms with Crippen LogP contribution in [0, 0.1) is 0 Å². The molecule has 0 aliphatic rings. The van der Waals surface area contributed by atoms with Crippen LogP contribution in [-0.2, 0) is 14.3 Å². The normalized spacial score (nSPS) is 12.5. The zero-order chi connectivity index (χ0) is 60.6. The standard InChI is InChI=1S/C78H153NO5/c1-3-5-7-9-11-13-15-17-19-21-23-24-25-26-29-32-35-38-42-46-50-54-58-62-66-70-76(81)75(74-80)79-77(82)71-67-63-59-55-51-47-43-39-36-33-30-27-28-31-34-37-41-45-49-53-57-61-65-69-73-84-78(83)72-68-64-60-56-52-48-44-40-22-20-18-16-14-12-10-8-6-4-2/h30,33,75-76,80-81H,3-29,31-32,34-74H2,1-2H3,(H,79,82)/b33-30-. The smallest absolute Gasteiger partial charge is 0.305 e. The molecule has 0 aromatic heterocycles. The van der Waals surface area contributed by atoms with Gasteiger partial charge in [0.25, 0.3) is 0 Å². The van der Waals surface area contributed by atoms with E-state index in [9.17, 15) is 19.8 Å². The fourth-order valence-electron chi connectivity index (χ4n) is 12.6. The van der Waals surface area contributed by atoms with Crippen molar-refractivity contribution in [3.8, 4) is 0 Å². The molecule has 0 aliphatic carbocycles. The minimum absolute atomic E-state index is 0.0185. The number of amides is 1. The molecule has 3 N–H and O–H groups in total. The van der Waals surface area contributed by atoms with E-state index in [1.807, 2.05) is 0 Å². The Hall–Kier alpha value is -1.40. The van der Waals surface area contributed by atoms with Crippen molar-refractivity contribution in [2.75, 3.05) is 13.2 Å². The van der Waals surface area contributed by atoms with Crippen LogP contribution in [-0.4, -0.2) is 47.4 Å². The van der Waals surface area contributed by atoms with Crippen LogP contribution in [0.5, 0.6) is 0 Å². The number of carbonyl (C=O) groups is 2. The Balaban J connectivity index is 3.38. The average molecular weight is 1190 g/mol. The lowest BCUT2D eigenvalue weighted by atomic mass is 10.0. The van der Waals surface area contributed by atoms with Gasteiger partial charge < -0.3 is 20.3 Å². The van der Waals surface area contributed by atoms with Crippen LogP contribution in [0.15, 0.2) is 12.2 Å². The highest BCUT2D eigenvalue weighted by atomic mass is 16.5. The molecule has 0 fully saturated rings. The first-order valence-corrected chi connectivity index (χ1v) is 38.9. The van der Waals surface area contributed by atoms with Crippen LogP contribution >= 0.6 is 0 Å². The highest BCUT2D eigenvalue weighted by Gasteiger charge is 2.20. The molecule has 2 atom stereocenters. The van der Waals surface area contributed by atoms with Gasteiger partial charge in [0.05, 0.1) is 25.4 Å². The maximum absolute atomic E-state index is 12.6. The van der Waals surface area contributed by atoms with E-state index in [1.54, 1.807) is 0 Å². The molecule has 0 spiro atoms. The molecule has 0 aromatic rings. The third-order valence-electron chi connectivity index (χ3n) is 18.6. The second-order valence-electron chi connectivity index (χ2n) is 27.0. The number of unbranched alkanes of at least 4 members (excludes halogenated alkanes) is 61. The van der Waals surface area contributed by atoms with Gasteiger partial charge >= 0.3 is 5.97 Å². The van der Waals surface area contributed by atoms with Gasteiger partial charge in [-0.05, 0) is 51.4 Å². The Morgan fingerprint density at radius 3 is 0.845 bits per heavy atom. The summed E-state index contributed by atoms with van der Waals surface area (Å²) in [5.41, 5.74) is 0. The molecule has 500 valence electrons. The fraction of sp³-hybridized carbons (Fsp3) is 0.949. The number of nitrogens with one attached hydrogen (secondary N) is 1. The second kappa shape index (κ2) is 74.1. The number of aliphatic hydroxyl groups excluding tert-OH is 2. The van der Waals surface area contributed by atoms with E-state index >= 15 is 0 Å². The molecule has 1 amide bonds. The topological polar surface area (TPSA) is 95.9 Å². The fourth-order valence-corrected chi connectivity index (χ4v) is 12.6. The Labute approximate surface area is 527 Å². The van der Waals surface area contributed by atoms with Gasteiger partial charge in [0.15, 0.2) is 0 Å². The SMILES string of the molecule is CCCCCCCCCCCCCCCCCCCCCCCCCCCC(O)C(CO)NC(=O)CCCCCCCCCC/C=C\CCCCCCCCCCCCCCOC(=O)CCCCCCCCCCCCCCCCCCCC. The maximum atomic E-state index is 12.6. The first-order valence-electron chi connectivity index (χ1n) is 38.9. The third-order valence-corrected chi connectivity index (χ3v) is 18.6. The van der Waals surface area contributed by atoms with Crippen LogP contribution in [0.1, 0.15) is 450 Å². The number of ether oxygens (including phenoxy) is 1. The molecule has 0 bridgehead atoms. The van der Waals surface area contributed by atoms with Crippen molar-refractivity contribution in [2.45, 2.75) is 463 Å². The predicted molar refractivity (Wildman–Crippen MR) is 370 cm³/mol. The highest BCUT2D eigenvalue weighted by Crippen LogP contribution is 2.20. The molecule has 6 heteroatoms. The van der Waals surface area contributed by atoms with Gasteiger partial charge in [0.2, 0.25) is 5.91 Å². The summed E-state index contributed by atoms with van der Waals surface area (Å²) in [4.78, 5) is 24.7. The number of esters is 1. The quantitative estimate of drug-likeness (QED) is 0.0320. The van der Waals surface area contributed by atoms with Gasteiger partial charge in [0, 0.05) is 12.8 Å². The monoisotopic (exact) mass is 1180 g/mol. The number of hydrogen-bond acceptors (Lipinski definition) is 5. The number of hydrogen-bond donors (Lipinski definition) is 3. The van der Waals surface area contributed by atoms with E-state index in [1.165, 1.54) is 379 Å². The Morgan fingerprint density at radius 1 is 0.321 bits per heavy atom. The Morgan fingerprint density at radius 2 is 0.560 bits per heavy atom. The highest BCUT2D eigenvalue weighted by molar-refractivity contribution is 5.76. The number of aliphatic hydroxyl groups is 2. The third kappa shape index (κ3) is 69.7. The summed E-state index contributed by atoms with van der Waals surface area (Å²) in [7, 11) is 0. The van der Waals surface area contributed by atoms with E-state index in [4.69, 9.17) is 4.74 Å². The molecule has 0 aliphatic heterocycles. The van der Waals surface area contributed by atoms with Crippen LogP contribution < -0.4 is 5.32 Å².